The maximum atomic E-state index is 12.0. The van der Waals surface area contributed by atoms with Crippen molar-refractivity contribution in [2.24, 2.45) is 10.9 Å². The number of hydrogen-bond donors (Lipinski definition) is 0. The zero-order chi connectivity index (χ0) is 27.3. The van der Waals surface area contributed by atoms with Crippen LogP contribution in [0.15, 0.2) is 66.3 Å². The van der Waals surface area contributed by atoms with Crippen LogP contribution >= 0.6 is 0 Å². The van der Waals surface area contributed by atoms with Crippen molar-refractivity contribution < 1.29 is 10.2 Å². The van der Waals surface area contributed by atoms with Crippen LogP contribution in [-0.4, -0.2) is 43.2 Å². The lowest BCUT2D eigenvalue weighted by molar-refractivity contribution is -0.110. The van der Waals surface area contributed by atoms with Crippen LogP contribution in [0, 0.1) is 12.8 Å². The number of hydrogen-bond acceptors (Lipinski definition) is 3. The van der Waals surface area contributed by atoms with Crippen molar-refractivity contribution in [3.8, 4) is 11.3 Å². The second-order valence-electron chi connectivity index (χ2n) is 8.83. The molecule has 198 valence electrons. The molecule has 0 saturated heterocycles. The molecule has 0 radical (unpaired) electrons. The molecule has 1 aliphatic carbocycles. The number of pyridine rings is 1. The fourth-order valence-corrected chi connectivity index (χ4v) is 3.92. The first-order valence-electron chi connectivity index (χ1n) is 12.7. The van der Waals surface area contributed by atoms with Crippen LogP contribution in [0.1, 0.15) is 65.2 Å². The van der Waals surface area contributed by atoms with E-state index < -0.39 is 5.92 Å². The van der Waals surface area contributed by atoms with Gasteiger partial charge in [0.25, 0.3) is 0 Å². The Hall–Kier alpha value is -3.08. The lowest BCUT2D eigenvalue weighted by Crippen LogP contribution is -2.34. The van der Waals surface area contributed by atoms with E-state index in [9.17, 15) is 8.78 Å². The summed E-state index contributed by atoms with van der Waals surface area (Å²) >= 11 is 0. The van der Waals surface area contributed by atoms with Gasteiger partial charge >= 0.3 is 0 Å². The molecule has 2 aromatic rings. The number of aryl methyl sites for hydroxylation is 1. The summed E-state index contributed by atoms with van der Waals surface area (Å²) in [6.45, 7) is 13.9. The van der Waals surface area contributed by atoms with E-state index in [2.05, 4.69) is 60.2 Å². The minimum absolute atomic E-state index is 0. The van der Waals surface area contributed by atoms with E-state index in [0.29, 0.717) is 5.92 Å². The Labute approximate surface area is 218 Å². The Bertz CT molecular complexity index is 1060. The Morgan fingerprint density at radius 3 is 2.31 bits per heavy atom. The summed E-state index contributed by atoms with van der Waals surface area (Å²) < 4.78 is 24.0. The molecule has 0 amide bonds. The topological polar surface area (TPSA) is 28.5 Å². The minimum Gasteiger partial charge on any atom is -0.383 e. The van der Waals surface area contributed by atoms with Crippen LogP contribution in [0.3, 0.4) is 0 Å². The second-order valence-corrected chi connectivity index (χ2v) is 8.83. The molecule has 36 heavy (non-hydrogen) atoms. The van der Waals surface area contributed by atoms with E-state index in [1.165, 1.54) is 0 Å². The molecule has 0 aliphatic heterocycles. The van der Waals surface area contributed by atoms with Gasteiger partial charge in [-0.25, -0.2) is 8.78 Å². The van der Waals surface area contributed by atoms with Gasteiger partial charge in [-0.15, -0.1) is 0 Å². The molecule has 3 nitrogen and oxygen atoms in total. The van der Waals surface area contributed by atoms with Gasteiger partial charge < -0.3 is 4.90 Å². The third-order valence-corrected chi connectivity index (χ3v) is 5.84. The SMILES string of the molecule is C=C/C(=C\N(C)C)c1cccc(-c2ccc(/C(C=NC)=C/C)c(C)n2)c1.CC.CCC1CC(F)(F)C1.[HH]. The molecular weight excluding hydrogens is 452 g/mol. The molecule has 0 N–H and O–H groups in total. The highest BCUT2D eigenvalue weighted by Crippen LogP contribution is 2.43. The second kappa shape index (κ2) is 15.1. The number of nitrogens with zero attached hydrogens (tertiary/aromatic N) is 3. The van der Waals surface area contributed by atoms with Gasteiger partial charge in [0.2, 0.25) is 5.92 Å². The summed E-state index contributed by atoms with van der Waals surface area (Å²) in [4.78, 5) is 11.0. The predicted molar refractivity (Wildman–Crippen MR) is 156 cm³/mol. The lowest BCUT2D eigenvalue weighted by Gasteiger charge is -2.33. The molecule has 1 fully saturated rings. The van der Waals surface area contributed by atoms with Crippen LogP contribution in [0.2, 0.25) is 0 Å². The predicted octanol–water partition coefficient (Wildman–Crippen LogP) is 8.96. The van der Waals surface area contributed by atoms with Gasteiger partial charge in [0.05, 0.1) is 5.69 Å². The Morgan fingerprint density at radius 2 is 1.86 bits per heavy atom. The van der Waals surface area contributed by atoms with Gasteiger partial charge in [-0.05, 0) is 48.6 Å². The van der Waals surface area contributed by atoms with Crippen LogP contribution in [0.5, 0.6) is 0 Å². The van der Waals surface area contributed by atoms with Crippen LogP contribution in [-0.2, 0) is 0 Å². The van der Waals surface area contributed by atoms with E-state index >= 15 is 0 Å². The summed E-state index contributed by atoms with van der Waals surface area (Å²) in [5.41, 5.74) is 7.45. The molecule has 1 saturated carbocycles. The third kappa shape index (κ3) is 9.18. The van der Waals surface area contributed by atoms with Crippen molar-refractivity contribution in [3.05, 3.63) is 78.1 Å². The molecule has 0 atom stereocenters. The number of benzene rings is 1. The number of halogens is 2. The zero-order valence-corrected chi connectivity index (χ0v) is 23.3. The van der Waals surface area contributed by atoms with Crippen LogP contribution in [0.4, 0.5) is 8.78 Å². The summed E-state index contributed by atoms with van der Waals surface area (Å²) in [6, 6.07) is 12.6. The molecule has 0 unspecified atom stereocenters. The smallest absolute Gasteiger partial charge is 0.248 e. The number of alkyl halides is 2. The van der Waals surface area contributed by atoms with Crippen molar-refractivity contribution >= 4 is 17.4 Å². The number of rotatable bonds is 7. The van der Waals surface area contributed by atoms with E-state index in [4.69, 9.17) is 4.98 Å². The molecule has 1 aliphatic rings. The molecule has 0 bridgehead atoms. The average molecular weight is 498 g/mol. The van der Waals surface area contributed by atoms with E-state index in [1.54, 1.807) is 7.05 Å². The maximum absolute atomic E-state index is 12.0. The number of allylic oxidation sites excluding steroid dienone is 4. The van der Waals surface area contributed by atoms with E-state index in [-0.39, 0.29) is 14.3 Å². The first-order valence-corrected chi connectivity index (χ1v) is 12.7. The standard InChI is InChI=1S/C23H27N3.C6H10F2.C2H6.H2/c1-7-18(15-24-4)22-12-13-23(25-17(22)3)21-11-9-10-20(14-21)19(8-2)16-26(5)6;1-2-5-3-6(7,8)4-5;1-2;/h7-16H,2H2,1,3-6H3;5H,2-4H2,1H3;1-2H3;1H/b18-7+,19-16+,24-15?;;;. The first-order chi connectivity index (χ1) is 17.1. The molecule has 0 spiro atoms. The molecular formula is C31H45F2N3. The first kappa shape index (κ1) is 31.0. The van der Waals surface area contributed by atoms with E-state index in [1.807, 2.05) is 65.9 Å². The number of aromatic nitrogens is 1. The molecule has 1 heterocycles. The average Bonchev–Trinajstić information content (AvgIpc) is 2.86. The van der Waals surface area contributed by atoms with Gasteiger partial charge in [-0.1, -0.05) is 70.2 Å². The van der Waals surface area contributed by atoms with Crippen LogP contribution < -0.4 is 0 Å². The summed E-state index contributed by atoms with van der Waals surface area (Å²) in [5.74, 6) is -1.99. The highest BCUT2D eigenvalue weighted by molar-refractivity contribution is 6.10. The van der Waals surface area contributed by atoms with Gasteiger partial charge in [-0.2, -0.15) is 0 Å². The number of aliphatic imine (C=N–C) groups is 1. The highest BCUT2D eigenvalue weighted by atomic mass is 19.3. The van der Waals surface area contributed by atoms with Crippen molar-refractivity contribution in [2.45, 2.75) is 59.8 Å². The van der Waals surface area contributed by atoms with Crippen LogP contribution in [0.25, 0.3) is 22.4 Å². The van der Waals surface area contributed by atoms with Crippen molar-refractivity contribution in [2.75, 3.05) is 21.1 Å². The van der Waals surface area contributed by atoms with Crippen molar-refractivity contribution in [1.82, 2.24) is 9.88 Å². The van der Waals surface area contributed by atoms with Gasteiger partial charge in [-0.3, -0.25) is 9.98 Å². The monoisotopic (exact) mass is 497 g/mol. The zero-order valence-electron chi connectivity index (χ0n) is 23.3. The molecule has 1 aromatic heterocycles. The lowest BCUT2D eigenvalue weighted by atomic mass is 9.80. The quantitative estimate of drug-likeness (QED) is 0.282. The summed E-state index contributed by atoms with van der Waals surface area (Å²) in [7, 11) is 5.80. The van der Waals surface area contributed by atoms with Crippen molar-refractivity contribution in [3.63, 3.8) is 0 Å². The fraction of sp³-hybridized carbons (Fsp3) is 0.419. The summed E-state index contributed by atoms with van der Waals surface area (Å²) in [5, 5.41) is 0. The normalized spacial score (nSPS) is 15.3. The van der Waals surface area contributed by atoms with Crippen molar-refractivity contribution in [1.29, 1.82) is 0 Å². The molecule has 5 heteroatoms. The third-order valence-electron chi connectivity index (χ3n) is 5.84. The Morgan fingerprint density at radius 1 is 1.19 bits per heavy atom. The van der Waals surface area contributed by atoms with E-state index in [0.717, 1.165) is 45.6 Å². The maximum Gasteiger partial charge on any atom is 0.248 e. The highest BCUT2D eigenvalue weighted by Gasteiger charge is 2.43. The van der Waals surface area contributed by atoms with Gasteiger partial charge in [0.15, 0.2) is 0 Å². The minimum atomic E-state index is -2.30. The summed E-state index contributed by atoms with van der Waals surface area (Å²) in [6.07, 6.45) is 9.04. The molecule has 1 aromatic carbocycles. The Kier molecular flexibility index (Phi) is 13.0. The fourth-order valence-electron chi connectivity index (χ4n) is 3.92. The largest absolute Gasteiger partial charge is 0.383 e. The Balaban J connectivity index is 0.000000993. The van der Waals surface area contributed by atoms with Gasteiger partial charge in [0.1, 0.15) is 0 Å². The molecule has 3 rings (SSSR count). The van der Waals surface area contributed by atoms with Gasteiger partial charge in [0, 0.05) is 64.6 Å².